The number of ether oxygens (including phenoxy) is 2. The molecule has 0 saturated carbocycles. The van der Waals surface area contributed by atoms with E-state index >= 15 is 0 Å². The zero-order chi connectivity index (χ0) is 23.0. The molecule has 0 saturated heterocycles. The number of rotatable bonds is 10. The van der Waals surface area contributed by atoms with Crippen molar-refractivity contribution in [1.82, 2.24) is 10.2 Å². The zero-order valence-corrected chi connectivity index (χ0v) is 19.4. The maximum Gasteiger partial charge on any atom is 0.261 e. The fourth-order valence-electron chi connectivity index (χ4n) is 3.19. The molecular weight excluding hydrogens is 392 g/mol. The van der Waals surface area contributed by atoms with Gasteiger partial charge in [0.25, 0.3) is 5.91 Å². The Labute approximate surface area is 185 Å². The number of amides is 2. The van der Waals surface area contributed by atoms with Crippen molar-refractivity contribution >= 4 is 11.8 Å². The fourth-order valence-corrected chi connectivity index (χ4v) is 3.19. The van der Waals surface area contributed by atoms with E-state index in [4.69, 9.17) is 9.47 Å². The number of hydrogen-bond donors (Lipinski definition) is 1. The van der Waals surface area contributed by atoms with Gasteiger partial charge in [-0.3, -0.25) is 9.59 Å². The summed E-state index contributed by atoms with van der Waals surface area (Å²) < 4.78 is 11.1. The van der Waals surface area contributed by atoms with Crippen LogP contribution in [0.1, 0.15) is 37.5 Å². The summed E-state index contributed by atoms with van der Waals surface area (Å²) in [5, 5.41) is 2.92. The molecule has 0 unspecified atom stereocenters. The lowest BCUT2D eigenvalue weighted by atomic mass is 10.1. The third-order valence-corrected chi connectivity index (χ3v) is 5.02. The molecule has 0 aliphatic heterocycles. The summed E-state index contributed by atoms with van der Waals surface area (Å²) >= 11 is 0. The molecule has 1 N–H and O–H groups in total. The standard InChI is InChI=1S/C25H34N2O4/c1-17(2)14-26-25(29)20(5)27(15-21-8-7-9-22(13-21)30-6)24(28)16-31-23-11-10-18(3)12-19(23)4/h7-13,17,20H,14-16H2,1-6H3,(H,26,29)/t20-/m0/s1. The lowest BCUT2D eigenvalue weighted by Gasteiger charge is -2.29. The highest BCUT2D eigenvalue weighted by Crippen LogP contribution is 2.20. The quantitative estimate of drug-likeness (QED) is 0.626. The second-order valence-corrected chi connectivity index (χ2v) is 8.25. The molecule has 6 heteroatoms. The van der Waals surface area contributed by atoms with Crippen molar-refractivity contribution in [2.75, 3.05) is 20.3 Å². The highest BCUT2D eigenvalue weighted by atomic mass is 16.5. The molecule has 0 radical (unpaired) electrons. The van der Waals surface area contributed by atoms with Crippen LogP contribution in [0.4, 0.5) is 0 Å². The first-order valence-electron chi connectivity index (χ1n) is 10.6. The average Bonchev–Trinajstić information content (AvgIpc) is 2.74. The highest BCUT2D eigenvalue weighted by molar-refractivity contribution is 5.88. The van der Waals surface area contributed by atoms with Crippen LogP contribution in [-0.2, 0) is 16.1 Å². The summed E-state index contributed by atoms with van der Waals surface area (Å²) in [7, 11) is 1.60. The molecule has 2 rings (SSSR count). The van der Waals surface area contributed by atoms with Crippen LogP contribution < -0.4 is 14.8 Å². The van der Waals surface area contributed by atoms with E-state index in [0.29, 0.717) is 24.0 Å². The Bertz CT molecular complexity index is 895. The molecule has 0 fully saturated rings. The predicted octanol–water partition coefficient (Wildman–Crippen LogP) is 3.88. The highest BCUT2D eigenvalue weighted by Gasteiger charge is 2.26. The molecule has 6 nitrogen and oxygen atoms in total. The third kappa shape index (κ3) is 7.31. The first-order chi connectivity index (χ1) is 14.7. The van der Waals surface area contributed by atoms with Crippen molar-refractivity contribution in [2.24, 2.45) is 5.92 Å². The van der Waals surface area contributed by atoms with Gasteiger partial charge in [0, 0.05) is 13.1 Å². The van der Waals surface area contributed by atoms with Crippen LogP contribution in [0.25, 0.3) is 0 Å². The van der Waals surface area contributed by atoms with Crippen LogP contribution in [0.15, 0.2) is 42.5 Å². The van der Waals surface area contributed by atoms with Crippen molar-refractivity contribution in [2.45, 2.75) is 47.2 Å². The molecule has 0 bridgehead atoms. The Morgan fingerprint density at radius 3 is 2.45 bits per heavy atom. The fraction of sp³-hybridized carbons (Fsp3) is 0.440. The molecule has 0 aromatic heterocycles. The smallest absolute Gasteiger partial charge is 0.261 e. The van der Waals surface area contributed by atoms with E-state index in [0.717, 1.165) is 16.7 Å². The molecule has 31 heavy (non-hydrogen) atoms. The molecule has 0 spiro atoms. The van der Waals surface area contributed by atoms with E-state index in [9.17, 15) is 9.59 Å². The van der Waals surface area contributed by atoms with Crippen LogP contribution in [0, 0.1) is 19.8 Å². The van der Waals surface area contributed by atoms with E-state index in [1.54, 1.807) is 18.9 Å². The summed E-state index contributed by atoms with van der Waals surface area (Å²) in [6.07, 6.45) is 0. The number of carbonyl (C=O) groups excluding carboxylic acids is 2. The van der Waals surface area contributed by atoms with Crippen LogP contribution in [0.3, 0.4) is 0 Å². The van der Waals surface area contributed by atoms with E-state index in [1.165, 1.54) is 0 Å². The van der Waals surface area contributed by atoms with Crippen molar-refractivity contribution in [3.63, 3.8) is 0 Å². The van der Waals surface area contributed by atoms with E-state index in [1.807, 2.05) is 70.2 Å². The zero-order valence-electron chi connectivity index (χ0n) is 19.4. The molecule has 0 aliphatic rings. The van der Waals surface area contributed by atoms with Gasteiger partial charge in [0.15, 0.2) is 6.61 Å². The monoisotopic (exact) mass is 426 g/mol. The summed E-state index contributed by atoms with van der Waals surface area (Å²) in [5.74, 6) is 1.25. The van der Waals surface area contributed by atoms with E-state index in [2.05, 4.69) is 5.32 Å². The number of carbonyl (C=O) groups is 2. The topological polar surface area (TPSA) is 67.9 Å². The second-order valence-electron chi connectivity index (χ2n) is 8.25. The van der Waals surface area contributed by atoms with Crippen LogP contribution >= 0.6 is 0 Å². The maximum absolute atomic E-state index is 13.1. The predicted molar refractivity (Wildman–Crippen MR) is 122 cm³/mol. The van der Waals surface area contributed by atoms with Crippen LogP contribution in [-0.4, -0.2) is 43.0 Å². The molecule has 1 atom stereocenters. The lowest BCUT2D eigenvalue weighted by Crippen LogP contribution is -2.49. The number of nitrogens with zero attached hydrogens (tertiary/aromatic N) is 1. The molecule has 0 aliphatic carbocycles. The Balaban J connectivity index is 2.18. The number of nitrogens with one attached hydrogen (secondary N) is 1. The minimum absolute atomic E-state index is 0.143. The van der Waals surface area contributed by atoms with Crippen molar-refractivity contribution in [3.8, 4) is 11.5 Å². The molecule has 2 amide bonds. The number of aryl methyl sites for hydroxylation is 2. The minimum Gasteiger partial charge on any atom is -0.497 e. The van der Waals surface area contributed by atoms with Crippen molar-refractivity contribution < 1.29 is 19.1 Å². The molecule has 0 heterocycles. The number of benzene rings is 2. The second kappa shape index (κ2) is 11.4. The van der Waals surface area contributed by atoms with Gasteiger partial charge in [-0.1, -0.05) is 43.7 Å². The summed E-state index contributed by atoms with van der Waals surface area (Å²) in [6, 6.07) is 12.7. The van der Waals surface area contributed by atoms with Gasteiger partial charge in [-0.2, -0.15) is 0 Å². The number of methoxy groups -OCH3 is 1. The van der Waals surface area contributed by atoms with Gasteiger partial charge < -0.3 is 19.7 Å². The SMILES string of the molecule is COc1cccc(CN(C(=O)COc2ccc(C)cc2C)[C@@H](C)C(=O)NCC(C)C)c1. The summed E-state index contributed by atoms with van der Waals surface area (Å²) in [6.45, 7) is 10.5. The van der Waals surface area contributed by atoms with Gasteiger partial charge >= 0.3 is 0 Å². The first kappa shape index (κ1) is 24.3. The minimum atomic E-state index is -0.639. The average molecular weight is 427 g/mol. The Kier molecular flexibility index (Phi) is 8.91. The van der Waals surface area contributed by atoms with Gasteiger partial charge in [0.05, 0.1) is 7.11 Å². The first-order valence-corrected chi connectivity index (χ1v) is 10.6. The Morgan fingerprint density at radius 2 is 1.81 bits per heavy atom. The van der Waals surface area contributed by atoms with Gasteiger partial charge in [-0.05, 0) is 56.0 Å². The lowest BCUT2D eigenvalue weighted by molar-refractivity contribution is -0.142. The van der Waals surface area contributed by atoms with Gasteiger partial charge in [0.2, 0.25) is 5.91 Å². The van der Waals surface area contributed by atoms with Gasteiger partial charge in [0.1, 0.15) is 17.5 Å². The third-order valence-electron chi connectivity index (χ3n) is 5.02. The normalized spacial score (nSPS) is 11.7. The summed E-state index contributed by atoms with van der Waals surface area (Å²) in [5.41, 5.74) is 2.98. The molecular formula is C25H34N2O4. The van der Waals surface area contributed by atoms with Gasteiger partial charge in [-0.15, -0.1) is 0 Å². The van der Waals surface area contributed by atoms with Gasteiger partial charge in [-0.25, -0.2) is 0 Å². The van der Waals surface area contributed by atoms with Crippen LogP contribution in [0.5, 0.6) is 11.5 Å². The molecule has 2 aromatic rings. The van der Waals surface area contributed by atoms with Crippen molar-refractivity contribution in [3.05, 3.63) is 59.2 Å². The largest absolute Gasteiger partial charge is 0.497 e. The Hall–Kier alpha value is -3.02. The van der Waals surface area contributed by atoms with E-state index < -0.39 is 6.04 Å². The van der Waals surface area contributed by atoms with E-state index in [-0.39, 0.29) is 25.0 Å². The Morgan fingerprint density at radius 1 is 1.06 bits per heavy atom. The maximum atomic E-state index is 13.1. The summed E-state index contributed by atoms with van der Waals surface area (Å²) in [4.78, 5) is 27.4. The van der Waals surface area contributed by atoms with Crippen LogP contribution in [0.2, 0.25) is 0 Å². The van der Waals surface area contributed by atoms with Crippen molar-refractivity contribution in [1.29, 1.82) is 0 Å². The molecule has 168 valence electrons. The molecule has 2 aromatic carbocycles. The number of hydrogen-bond acceptors (Lipinski definition) is 4.